The minimum absolute atomic E-state index is 0.108. The number of nitro groups is 1. The number of nitrogens with zero attached hydrogens (tertiary/aromatic N) is 2. The number of fused-ring (bicyclic) bond motifs is 1. The number of rotatable bonds is 7. The lowest BCUT2D eigenvalue weighted by Crippen LogP contribution is -2.17. The summed E-state index contributed by atoms with van der Waals surface area (Å²) in [6.07, 6.45) is 1.39. The van der Waals surface area contributed by atoms with Crippen LogP contribution in [0.3, 0.4) is 0 Å². The SMILES string of the molecule is COc1ccc2c(Cl)c(C(=O)Oc3ccc(/C=N\NC(=O)c4cccc([N+](=O)[O-])c4)cc3)sc2c1. The van der Waals surface area contributed by atoms with E-state index < -0.39 is 16.8 Å². The van der Waals surface area contributed by atoms with Crippen molar-refractivity contribution in [3.05, 3.63) is 97.9 Å². The number of carbonyl (C=O) groups excluding carboxylic acids is 2. The predicted octanol–water partition coefficient (Wildman–Crippen LogP) is 5.45. The molecular formula is C24H16ClN3O6S. The molecule has 35 heavy (non-hydrogen) atoms. The zero-order valence-corrected chi connectivity index (χ0v) is 19.6. The first-order valence-corrected chi connectivity index (χ1v) is 11.2. The van der Waals surface area contributed by atoms with Crippen LogP contribution in [0.5, 0.6) is 11.5 Å². The standard InChI is InChI=1S/C24H16ClN3O6S/c1-33-18-9-10-19-20(12-18)35-22(21(19)25)24(30)34-17-7-5-14(6-8-17)13-26-27-23(29)15-3-2-4-16(11-15)28(31)32/h2-13H,1H3,(H,27,29)/b26-13-. The van der Waals surface area contributed by atoms with E-state index in [4.69, 9.17) is 21.1 Å². The average molecular weight is 510 g/mol. The van der Waals surface area contributed by atoms with Crippen LogP contribution in [0.15, 0.2) is 71.8 Å². The molecule has 0 radical (unpaired) electrons. The van der Waals surface area contributed by atoms with Gasteiger partial charge >= 0.3 is 5.97 Å². The van der Waals surface area contributed by atoms with Crippen molar-refractivity contribution in [3.8, 4) is 11.5 Å². The maximum atomic E-state index is 12.6. The Hall–Kier alpha value is -4.28. The summed E-state index contributed by atoms with van der Waals surface area (Å²) >= 11 is 7.59. The summed E-state index contributed by atoms with van der Waals surface area (Å²) in [6, 6.07) is 17.1. The largest absolute Gasteiger partial charge is 0.497 e. The molecule has 0 spiro atoms. The second-order valence-electron chi connectivity index (χ2n) is 7.07. The summed E-state index contributed by atoms with van der Waals surface area (Å²) in [5, 5.41) is 15.7. The second kappa shape index (κ2) is 10.3. The normalized spacial score (nSPS) is 10.9. The Bertz CT molecular complexity index is 1470. The fraction of sp³-hybridized carbons (Fsp3) is 0.0417. The molecule has 0 aliphatic carbocycles. The van der Waals surface area contributed by atoms with E-state index in [1.54, 1.807) is 49.6 Å². The number of halogens is 1. The molecule has 0 saturated carbocycles. The molecule has 176 valence electrons. The molecule has 4 aromatic rings. The third-order valence-electron chi connectivity index (χ3n) is 4.81. The van der Waals surface area contributed by atoms with Crippen LogP contribution in [0.1, 0.15) is 25.6 Å². The number of methoxy groups -OCH3 is 1. The van der Waals surface area contributed by atoms with Crippen molar-refractivity contribution >= 4 is 56.8 Å². The van der Waals surface area contributed by atoms with E-state index in [0.29, 0.717) is 22.1 Å². The number of hydrazone groups is 1. The maximum Gasteiger partial charge on any atom is 0.355 e. The van der Waals surface area contributed by atoms with Gasteiger partial charge in [-0.1, -0.05) is 17.7 Å². The van der Waals surface area contributed by atoms with E-state index in [-0.39, 0.29) is 16.1 Å². The van der Waals surface area contributed by atoms with Crippen LogP contribution in [0.4, 0.5) is 5.69 Å². The maximum absolute atomic E-state index is 12.6. The molecule has 11 heteroatoms. The van der Waals surface area contributed by atoms with Gasteiger partial charge in [-0.05, 0) is 54.1 Å². The van der Waals surface area contributed by atoms with E-state index in [0.717, 1.165) is 16.2 Å². The predicted molar refractivity (Wildman–Crippen MR) is 133 cm³/mol. The minimum Gasteiger partial charge on any atom is -0.497 e. The van der Waals surface area contributed by atoms with E-state index in [2.05, 4.69) is 10.5 Å². The Morgan fingerprint density at radius 3 is 2.54 bits per heavy atom. The van der Waals surface area contributed by atoms with Gasteiger partial charge in [0.25, 0.3) is 11.6 Å². The molecule has 9 nitrogen and oxygen atoms in total. The molecule has 0 fully saturated rings. The third kappa shape index (κ3) is 5.45. The highest BCUT2D eigenvalue weighted by Crippen LogP contribution is 2.37. The van der Waals surface area contributed by atoms with Crippen molar-refractivity contribution in [2.24, 2.45) is 5.10 Å². The van der Waals surface area contributed by atoms with Gasteiger partial charge in [0.2, 0.25) is 0 Å². The average Bonchev–Trinajstić information content (AvgIpc) is 3.20. The van der Waals surface area contributed by atoms with Crippen molar-refractivity contribution in [3.63, 3.8) is 0 Å². The van der Waals surface area contributed by atoms with Gasteiger partial charge in [0.05, 0.1) is 23.3 Å². The topological polar surface area (TPSA) is 120 Å². The van der Waals surface area contributed by atoms with Gasteiger partial charge in [-0.2, -0.15) is 5.10 Å². The van der Waals surface area contributed by atoms with Crippen LogP contribution >= 0.6 is 22.9 Å². The molecule has 4 rings (SSSR count). The molecule has 0 aliphatic heterocycles. The van der Waals surface area contributed by atoms with Crippen LogP contribution in [0.25, 0.3) is 10.1 Å². The molecular weight excluding hydrogens is 494 g/mol. The molecule has 0 unspecified atom stereocenters. The van der Waals surface area contributed by atoms with Crippen LogP contribution in [-0.2, 0) is 0 Å². The van der Waals surface area contributed by atoms with Crippen LogP contribution in [0, 0.1) is 10.1 Å². The number of amides is 1. The summed E-state index contributed by atoms with van der Waals surface area (Å²) < 4.78 is 11.5. The number of nitrogens with one attached hydrogen (secondary N) is 1. The highest BCUT2D eigenvalue weighted by Gasteiger charge is 2.19. The number of thiophene rings is 1. The summed E-state index contributed by atoms with van der Waals surface area (Å²) in [5.41, 5.74) is 2.85. The van der Waals surface area contributed by atoms with E-state index in [1.165, 1.54) is 35.8 Å². The number of ether oxygens (including phenoxy) is 2. The van der Waals surface area contributed by atoms with Crippen molar-refractivity contribution in [2.75, 3.05) is 7.11 Å². The Balaban J connectivity index is 1.39. The Kier molecular flexibility index (Phi) is 7.04. The number of hydrogen-bond acceptors (Lipinski definition) is 8. The van der Waals surface area contributed by atoms with Gasteiger partial charge in [-0.15, -0.1) is 11.3 Å². The van der Waals surface area contributed by atoms with E-state index in [1.807, 2.05) is 0 Å². The van der Waals surface area contributed by atoms with Gasteiger partial charge < -0.3 is 9.47 Å². The highest BCUT2D eigenvalue weighted by atomic mass is 35.5. The summed E-state index contributed by atoms with van der Waals surface area (Å²) in [6.45, 7) is 0. The van der Waals surface area contributed by atoms with Crippen LogP contribution in [0.2, 0.25) is 5.02 Å². The number of nitro benzene ring substituents is 1. The van der Waals surface area contributed by atoms with Gasteiger partial charge in [0, 0.05) is 27.8 Å². The summed E-state index contributed by atoms with van der Waals surface area (Å²) in [4.78, 5) is 35.3. The van der Waals surface area contributed by atoms with E-state index in [9.17, 15) is 19.7 Å². The Morgan fingerprint density at radius 1 is 1.09 bits per heavy atom. The summed E-state index contributed by atoms with van der Waals surface area (Å²) in [7, 11) is 1.56. The van der Waals surface area contributed by atoms with E-state index >= 15 is 0 Å². The monoisotopic (exact) mass is 509 g/mol. The van der Waals surface area contributed by atoms with Crippen molar-refractivity contribution in [1.82, 2.24) is 5.43 Å². The third-order valence-corrected chi connectivity index (χ3v) is 6.45. The number of hydrogen-bond donors (Lipinski definition) is 1. The smallest absolute Gasteiger partial charge is 0.355 e. The van der Waals surface area contributed by atoms with Gasteiger partial charge in [-0.3, -0.25) is 14.9 Å². The molecule has 3 aromatic carbocycles. The van der Waals surface area contributed by atoms with Gasteiger partial charge in [-0.25, -0.2) is 10.2 Å². The quantitative estimate of drug-likeness (QED) is 0.116. The molecule has 0 bridgehead atoms. The molecule has 0 saturated heterocycles. The minimum atomic E-state index is -0.590. The number of esters is 1. The second-order valence-corrected chi connectivity index (χ2v) is 8.50. The van der Waals surface area contributed by atoms with Crippen molar-refractivity contribution in [2.45, 2.75) is 0 Å². The van der Waals surface area contributed by atoms with Crippen molar-refractivity contribution in [1.29, 1.82) is 0 Å². The molecule has 1 amide bonds. The molecule has 1 N–H and O–H groups in total. The first kappa shape index (κ1) is 23.9. The number of non-ortho nitro benzene ring substituents is 1. The molecule has 1 heterocycles. The van der Waals surface area contributed by atoms with Crippen LogP contribution < -0.4 is 14.9 Å². The van der Waals surface area contributed by atoms with Gasteiger partial charge in [0.15, 0.2) is 0 Å². The molecule has 0 aliphatic rings. The zero-order valence-electron chi connectivity index (χ0n) is 18.1. The van der Waals surface area contributed by atoms with Crippen molar-refractivity contribution < 1.29 is 24.0 Å². The van der Waals surface area contributed by atoms with Gasteiger partial charge in [0.1, 0.15) is 16.4 Å². The Morgan fingerprint density at radius 2 is 1.83 bits per heavy atom. The lowest BCUT2D eigenvalue weighted by atomic mass is 10.2. The lowest BCUT2D eigenvalue weighted by molar-refractivity contribution is -0.384. The first-order valence-electron chi connectivity index (χ1n) is 10.0. The number of benzene rings is 3. The fourth-order valence-electron chi connectivity index (χ4n) is 3.07. The Labute approximate surface area is 207 Å². The first-order chi connectivity index (χ1) is 16.9. The number of carbonyl (C=O) groups is 2. The molecule has 1 aromatic heterocycles. The fourth-order valence-corrected chi connectivity index (χ4v) is 4.48. The highest BCUT2D eigenvalue weighted by molar-refractivity contribution is 7.21. The van der Waals surface area contributed by atoms with Crippen LogP contribution in [-0.4, -0.2) is 30.1 Å². The lowest BCUT2D eigenvalue weighted by Gasteiger charge is -2.03. The molecule has 0 atom stereocenters. The summed E-state index contributed by atoms with van der Waals surface area (Å²) in [5.74, 6) is -0.207. The zero-order chi connectivity index (χ0) is 24.9.